The van der Waals surface area contributed by atoms with E-state index >= 15 is 0 Å². The van der Waals surface area contributed by atoms with E-state index < -0.39 is 4.75 Å². The molecule has 0 radical (unpaired) electrons. The molecule has 1 fully saturated rings. The minimum absolute atomic E-state index is 0.269. The zero-order chi connectivity index (χ0) is 21.1. The number of hydrogen-bond donors (Lipinski definition) is 1. The number of nitrogens with zero attached hydrogens (tertiary/aromatic N) is 4. The van der Waals surface area contributed by atoms with Crippen LogP contribution in [0.2, 0.25) is 0 Å². The first-order valence-electron chi connectivity index (χ1n) is 9.84. The van der Waals surface area contributed by atoms with E-state index in [1.165, 1.54) is 11.8 Å². The predicted molar refractivity (Wildman–Crippen MR) is 122 cm³/mol. The largest absolute Gasteiger partial charge is 0.448 e. The summed E-state index contributed by atoms with van der Waals surface area (Å²) >= 11 is 4.86. The van der Waals surface area contributed by atoms with Crippen molar-refractivity contribution in [2.75, 3.05) is 32.9 Å². The minimum atomic E-state index is -0.817. The molecule has 2 heterocycles. The van der Waals surface area contributed by atoms with Gasteiger partial charge in [0.2, 0.25) is 4.73 Å². The van der Waals surface area contributed by atoms with Gasteiger partial charge in [-0.3, -0.25) is 14.3 Å². The van der Waals surface area contributed by atoms with E-state index in [9.17, 15) is 4.79 Å². The number of ether oxygens (including phenoxy) is 1. The Hall–Kier alpha value is -1.94. The molecule has 0 bridgehead atoms. The number of esters is 1. The molecule has 3 aromatic rings. The number of nitrogens with one attached hydrogen (secondary N) is 1. The Morgan fingerprint density at radius 3 is 2.70 bits per heavy atom. The van der Waals surface area contributed by atoms with Crippen LogP contribution in [0.3, 0.4) is 0 Å². The van der Waals surface area contributed by atoms with E-state index in [-0.39, 0.29) is 5.97 Å². The number of thioether (sulfide) groups is 1. The SMILES string of the molecule is CC(C)(Sc1nnc(Br)n1-c1cccc2ccccc12)C(=O)OCN1CCNCC1. The van der Waals surface area contributed by atoms with Gasteiger partial charge in [-0.15, -0.1) is 10.2 Å². The van der Waals surface area contributed by atoms with Gasteiger partial charge in [0.1, 0.15) is 11.5 Å². The molecule has 0 saturated carbocycles. The van der Waals surface area contributed by atoms with Crippen LogP contribution in [0, 0.1) is 0 Å². The van der Waals surface area contributed by atoms with Gasteiger partial charge in [0.25, 0.3) is 0 Å². The third-order valence-corrected chi connectivity index (χ3v) is 6.66. The summed E-state index contributed by atoms with van der Waals surface area (Å²) in [7, 11) is 0. The maximum absolute atomic E-state index is 12.8. The highest BCUT2D eigenvalue weighted by atomic mass is 79.9. The summed E-state index contributed by atoms with van der Waals surface area (Å²) < 4.78 is 7.31. The molecule has 1 aliphatic heterocycles. The van der Waals surface area contributed by atoms with Gasteiger partial charge in [-0.05, 0) is 41.2 Å². The first kappa shape index (κ1) is 21.3. The lowest BCUT2D eigenvalue weighted by molar-refractivity contribution is -0.150. The molecule has 1 aromatic heterocycles. The second kappa shape index (κ2) is 9.05. The number of halogens is 1. The lowest BCUT2D eigenvalue weighted by Crippen LogP contribution is -2.45. The summed E-state index contributed by atoms with van der Waals surface area (Å²) in [5, 5.41) is 14.7. The molecular formula is C21H24BrN5O2S. The molecule has 2 aromatic carbocycles. The lowest BCUT2D eigenvalue weighted by atomic mass is 10.1. The molecule has 0 amide bonds. The Kier molecular flexibility index (Phi) is 6.43. The quantitative estimate of drug-likeness (QED) is 0.419. The number of piperazine rings is 1. The Bertz CT molecular complexity index is 1040. The van der Waals surface area contributed by atoms with Crippen molar-refractivity contribution >= 4 is 44.4 Å². The molecule has 1 N–H and O–H groups in total. The summed E-state index contributed by atoms with van der Waals surface area (Å²) in [6.45, 7) is 7.61. The second-order valence-electron chi connectivity index (χ2n) is 7.63. The Morgan fingerprint density at radius 1 is 1.17 bits per heavy atom. The molecule has 4 rings (SSSR count). The number of benzene rings is 2. The molecule has 0 atom stereocenters. The van der Waals surface area contributed by atoms with Gasteiger partial charge in [0.05, 0.1) is 5.69 Å². The number of carbonyl (C=O) groups excluding carboxylic acids is 1. The molecule has 9 heteroatoms. The van der Waals surface area contributed by atoms with Gasteiger partial charge < -0.3 is 10.1 Å². The van der Waals surface area contributed by atoms with E-state index in [1.807, 2.05) is 42.7 Å². The first-order valence-corrected chi connectivity index (χ1v) is 11.4. The predicted octanol–water partition coefficient (Wildman–Crippen LogP) is 3.46. The van der Waals surface area contributed by atoms with Crippen LogP contribution in [0.1, 0.15) is 13.8 Å². The van der Waals surface area contributed by atoms with Gasteiger partial charge in [0.15, 0.2) is 5.16 Å². The third-order valence-electron chi connectivity index (χ3n) is 5.03. The molecule has 158 valence electrons. The molecule has 0 unspecified atom stereocenters. The number of hydrogen-bond acceptors (Lipinski definition) is 7. The number of carbonyl (C=O) groups is 1. The van der Waals surface area contributed by atoms with E-state index in [0.29, 0.717) is 16.6 Å². The summed E-state index contributed by atoms with van der Waals surface area (Å²) in [6, 6.07) is 14.3. The summed E-state index contributed by atoms with van der Waals surface area (Å²) in [5.74, 6) is -0.269. The van der Waals surface area contributed by atoms with E-state index in [2.05, 4.69) is 54.5 Å². The van der Waals surface area contributed by atoms with Crippen molar-refractivity contribution in [1.82, 2.24) is 25.0 Å². The van der Waals surface area contributed by atoms with Gasteiger partial charge >= 0.3 is 5.97 Å². The van der Waals surface area contributed by atoms with Crippen molar-refractivity contribution in [3.05, 3.63) is 47.2 Å². The molecule has 1 aliphatic rings. The molecular weight excluding hydrogens is 466 g/mol. The van der Waals surface area contributed by atoms with E-state index in [1.54, 1.807) is 0 Å². The average molecular weight is 490 g/mol. The van der Waals surface area contributed by atoms with E-state index in [0.717, 1.165) is 42.6 Å². The van der Waals surface area contributed by atoms with Gasteiger partial charge in [-0.2, -0.15) is 0 Å². The molecule has 30 heavy (non-hydrogen) atoms. The van der Waals surface area contributed by atoms with Crippen LogP contribution in [-0.2, 0) is 9.53 Å². The van der Waals surface area contributed by atoms with Crippen LogP contribution < -0.4 is 5.32 Å². The third kappa shape index (κ3) is 4.54. The van der Waals surface area contributed by atoms with Crippen LogP contribution >= 0.6 is 27.7 Å². The van der Waals surface area contributed by atoms with Gasteiger partial charge in [-0.1, -0.05) is 48.2 Å². The Labute approximate surface area is 188 Å². The highest BCUT2D eigenvalue weighted by molar-refractivity contribution is 9.10. The number of fused-ring (bicyclic) bond motifs is 1. The Balaban J connectivity index is 1.55. The molecule has 7 nitrogen and oxygen atoms in total. The fraction of sp³-hybridized carbons (Fsp3) is 0.381. The van der Waals surface area contributed by atoms with Crippen molar-refractivity contribution in [2.45, 2.75) is 23.8 Å². The van der Waals surface area contributed by atoms with Crippen LogP contribution in [0.4, 0.5) is 0 Å². The molecule has 0 aliphatic carbocycles. The zero-order valence-electron chi connectivity index (χ0n) is 17.0. The average Bonchev–Trinajstić information content (AvgIpc) is 3.11. The lowest BCUT2D eigenvalue weighted by Gasteiger charge is -2.28. The van der Waals surface area contributed by atoms with Crippen LogP contribution in [0.15, 0.2) is 52.4 Å². The van der Waals surface area contributed by atoms with E-state index in [4.69, 9.17) is 4.74 Å². The monoisotopic (exact) mass is 489 g/mol. The normalized spacial score (nSPS) is 15.4. The van der Waals surface area contributed by atoms with Crippen molar-refractivity contribution < 1.29 is 9.53 Å². The summed E-state index contributed by atoms with van der Waals surface area (Å²) in [4.78, 5) is 15.0. The minimum Gasteiger partial charge on any atom is -0.448 e. The molecule has 1 saturated heterocycles. The van der Waals surface area contributed by atoms with Crippen LogP contribution in [0.25, 0.3) is 16.5 Å². The fourth-order valence-electron chi connectivity index (χ4n) is 3.36. The van der Waals surface area contributed by atoms with Crippen LogP contribution in [-0.4, -0.2) is 63.3 Å². The van der Waals surface area contributed by atoms with Gasteiger partial charge in [0, 0.05) is 31.6 Å². The standard InChI is InChI=1S/C21H24BrN5O2S/c1-21(2,18(28)29-14-26-12-10-23-11-13-26)30-20-25-24-19(22)27(20)17-9-5-7-15-6-3-4-8-16(15)17/h3-9,23H,10-14H2,1-2H3. The van der Waals surface area contributed by atoms with Crippen molar-refractivity contribution in [3.63, 3.8) is 0 Å². The first-order chi connectivity index (χ1) is 14.5. The van der Waals surface area contributed by atoms with Crippen LogP contribution in [0.5, 0.6) is 0 Å². The summed E-state index contributed by atoms with van der Waals surface area (Å²) in [6.07, 6.45) is 0. The maximum atomic E-state index is 12.8. The van der Waals surface area contributed by atoms with Crippen molar-refractivity contribution in [1.29, 1.82) is 0 Å². The maximum Gasteiger partial charge on any atom is 0.323 e. The molecule has 0 spiro atoms. The smallest absolute Gasteiger partial charge is 0.323 e. The second-order valence-corrected chi connectivity index (χ2v) is 9.93. The zero-order valence-corrected chi connectivity index (χ0v) is 19.4. The summed E-state index contributed by atoms with van der Waals surface area (Å²) in [5.41, 5.74) is 0.956. The van der Waals surface area contributed by atoms with Crippen molar-refractivity contribution in [3.8, 4) is 5.69 Å². The van der Waals surface area contributed by atoms with Gasteiger partial charge in [-0.25, -0.2) is 0 Å². The number of rotatable bonds is 6. The topological polar surface area (TPSA) is 72.3 Å². The Morgan fingerprint density at radius 2 is 1.90 bits per heavy atom. The fourth-order valence-corrected chi connectivity index (χ4v) is 4.87. The highest BCUT2D eigenvalue weighted by Gasteiger charge is 2.34. The number of aromatic nitrogens is 3. The highest BCUT2D eigenvalue weighted by Crippen LogP contribution is 2.36. The van der Waals surface area contributed by atoms with Crippen molar-refractivity contribution in [2.24, 2.45) is 0 Å².